The van der Waals surface area contributed by atoms with Crippen LogP contribution < -0.4 is 11.1 Å². The first-order valence-corrected chi connectivity index (χ1v) is 7.43. The van der Waals surface area contributed by atoms with E-state index in [4.69, 9.17) is 5.73 Å². The van der Waals surface area contributed by atoms with Crippen LogP contribution in [0, 0.1) is 0 Å². The minimum Gasteiger partial charge on any atom is -0.352 e. The van der Waals surface area contributed by atoms with Crippen molar-refractivity contribution in [1.82, 2.24) is 5.32 Å². The zero-order chi connectivity index (χ0) is 11.8. The monoisotopic (exact) mass is 244 g/mol. The van der Waals surface area contributed by atoms with Gasteiger partial charge in [0, 0.05) is 17.7 Å². The summed E-state index contributed by atoms with van der Waals surface area (Å²) in [7, 11) is 0. The van der Waals surface area contributed by atoms with Crippen molar-refractivity contribution in [2.24, 2.45) is 5.73 Å². The van der Waals surface area contributed by atoms with Gasteiger partial charge in [-0.3, -0.25) is 4.79 Å². The number of carbonyl (C=O) groups is 1. The summed E-state index contributed by atoms with van der Waals surface area (Å²) in [6, 6.07) is 0.393. The lowest BCUT2D eigenvalue weighted by Crippen LogP contribution is -2.43. The van der Waals surface area contributed by atoms with E-state index in [1.807, 2.05) is 11.8 Å². The number of carbonyl (C=O) groups excluding carboxylic acids is 1. The topological polar surface area (TPSA) is 55.1 Å². The second kappa shape index (κ2) is 7.96. The Hall–Kier alpha value is -0.220. The molecule has 0 bridgehead atoms. The van der Waals surface area contributed by atoms with Gasteiger partial charge in [-0.1, -0.05) is 19.8 Å². The maximum absolute atomic E-state index is 11.6. The average Bonchev–Trinajstić information content (AvgIpc) is 2.29. The lowest BCUT2D eigenvalue weighted by Gasteiger charge is -2.31. The Bertz CT molecular complexity index is 209. The van der Waals surface area contributed by atoms with Gasteiger partial charge in [0.1, 0.15) is 0 Å². The van der Waals surface area contributed by atoms with Crippen LogP contribution in [0.2, 0.25) is 0 Å². The molecule has 0 aromatic heterocycles. The maximum atomic E-state index is 11.6. The minimum atomic E-state index is 0.180. The predicted molar refractivity (Wildman–Crippen MR) is 70.6 cm³/mol. The Morgan fingerprint density at radius 1 is 1.44 bits per heavy atom. The van der Waals surface area contributed by atoms with Crippen molar-refractivity contribution in [3.05, 3.63) is 0 Å². The molecule has 0 aliphatic heterocycles. The molecule has 0 heterocycles. The van der Waals surface area contributed by atoms with Gasteiger partial charge >= 0.3 is 0 Å². The number of hydrogen-bond donors (Lipinski definition) is 2. The first-order valence-electron chi connectivity index (χ1n) is 6.39. The summed E-state index contributed by atoms with van der Waals surface area (Å²) >= 11 is 1.99. The van der Waals surface area contributed by atoms with Gasteiger partial charge in [0.15, 0.2) is 0 Å². The van der Waals surface area contributed by atoms with Crippen LogP contribution in [-0.2, 0) is 4.79 Å². The van der Waals surface area contributed by atoms with Crippen LogP contribution in [0.25, 0.3) is 0 Å². The molecule has 3 N–H and O–H groups in total. The first-order chi connectivity index (χ1) is 7.77. The van der Waals surface area contributed by atoms with Crippen LogP contribution in [-0.4, -0.2) is 29.5 Å². The zero-order valence-corrected chi connectivity index (χ0v) is 11.0. The van der Waals surface area contributed by atoms with E-state index in [1.165, 1.54) is 19.3 Å². The third-order valence-electron chi connectivity index (χ3n) is 3.04. The van der Waals surface area contributed by atoms with E-state index in [1.54, 1.807) is 0 Å². The van der Waals surface area contributed by atoms with Crippen LogP contribution in [0.4, 0.5) is 0 Å². The van der Waals surface area contributed by atoms with Crippen molar-refractivity contribution in [3.63, 3.8) is 0 Å². The molecule has 2 unspecified atom stereocenters. The van der Waals surface area contributed by atoms with Crippen molar-refractivity contribution in [1.29, 1.82) is 0 Å². The Kier molecular flexibility index (Phi) is 6.88. The third-order valence-corrected chi connectivity index (χ3v) is 4.36. The summed E-state index contributed by atoms with van der Waals surface area (Å²) < 4.78 is 0. The zero-order valence-electron chi connectivity index (χ0n) is 10.2. The number of thioether (sulfide) groups is 1. The van der Waals surface area contributed by atoms with Crippen LogP contribution in [0.1, 0.15) is 45.4 Å². The molecular weight excluding hydrogens is 220 g/mol. The van der Waals surface area contributed by atoms with Crippen molar-refractivity contribution < 1.29 is 4.79 Å². The van der Waals surface area contributed by atoms with E-state index < -0.39 is 0 Å². The summed E-state index contributed by atoms with van der Waals surface area (Å²) in [5.74, 6) is 1.32. The molecule has 4 heteroatoms. The number of nitrogens with two attached hydrogens (primary N) is 1. The van der Waals surface area contributed by atoms with Crippen molar-refractivity contribution in [2.75, 3.05) is 12.3 Å². The molecule has 94 valence electrons. The SMILES string of the molecule is CCSC1CCCCC1NC(=O)CCCN. The lowest BCUT2D eigenvalue weighted by molar-refractivity contribution is -0.122. The fourth-order valence-corrected chi connectivity index (χ4v) is 3.42. The van der Waals surface area contributed by atoms with E-state index in [2.05, 4.69) is 12.2 Å². The smallest absolute Gasteiger partial charge is 0.220 e. The van der Waals surface area contributed by atoms with E-state index in [0.717, 1.165) is 18.6 Å². The molecule has 16 heavy (non-hydrogen) atoms. The molecular formula is C12H24N2OS. The van der Waals surface area contributed by atoms with Gasteiger partial charge in [0.05, 0.1) is 0 Å². The highest BCUT2D eigenvalue weighted by molar-refractivity contribution is 7.99. The summed E-state index contributed by atoms with van der Waals surface area (Å²) in [4.78, 5) is 11.6. The lowest BCUT2D eigenvalue weighted by atomic mass is 9.94. The molecule has 0 radical (unpaired) electrons. The van der Waals surface area contributed by atoms with Gasteiger partial charge in [-0.15, -0.1) is 0 Å². The number of hydrogen-bond acceptors (Lipinski definition) is 3. The molecule has 1 amide bonds. The molecule has 1 aliphatic rings. The van der Waals surface area contributed by atoms with Crippen LogP contribution in [0.3, 0.4) is 0 Å². The molecule has 3 nitrogen and oxygen atoms in total. The maximum Gasteiger partial charge on any atom is 0.220 e. The highest BCUT2D eigenvalue weighted by atomic mass is 32.2. The van der Waals surface area contributed by atoms with Crippen LogP contribution in [0.5, 0.6) is 0 Å². The van der Waals surface area contributed by atoms with E-state index in [-0.39, 0.29) is 5.91 Å². The Balaban J connectivity index is 2.33. The molecule has 1 aliphatic carbocycles. The number of rotatable bonds is 6. The van der Waals surface area contributed by atoms with Gasteiger partial charge < -0.3 is 11.1 Å². The molecule has 1 saturated carbocycles. The normalized spacial score (nSPS) is 25.4. The highest BCUT2D eigenvalue weighted by Gasteiger charge is 2.25. The molecule has 1 rings (SSSR count). The fraction of sp³-hybridized carbons (Fsp3) is 0.917. The van der Waals surface area contributed by atoms with E-state index in [9.17, 15) is 4.79 Å². The molecule has 0 aromatic rings. The summed E-state index contributed by atoms with van der Waals surface area (Å²) in [5, 5.41) is 3.80. The molecule has 2 atom stereocenters. The Labute approximate surface area is 103 Å². The van der Waals surface area contributed by atoms with Crippen molar-refractivity contribution in [2.45, 2.75) is 56.7 Å². The minimum absolute atomic E-state index is 0.180. The standard InChI is InChI=1S/C12H24N2OS/c1-2-16-11-7-4-3-6-10(11)14-12(15)8-5-9-13/h10-11H,2-9,13H2,1H3,(H,14,15). The summed E-state index contributed by atoms with van der Waals surface area (Å²) in [6.45, 7) is 2.79. The highest BCUT2D eigenvalue weighted by Crippen LogP contribution is 2.28. The van der Waals surface area contributed by atoms with Gasteiger partial charge in [-0.2, -0.15) is 11.8 Å². The Morgan fingerprint density at radius 3 is 2.88 bits per heavy atom. The molecule has 0 spiro atoms. The van der Waals surface area contributed by atoms with Gasteiger partial charge in [-0.25, -0.2) is 0 Å². The van der Waals surface area contributed by atoms with E-state index in [0.29, 0.717) is 24.3 Å². The summed E-state index contributed by atoms with van der Waals surface area (Å²) in [5.41, 5.74) is 5.40. The quantitative estimate of drug-likeness (QED) is 0.750. The fourth-order valence-electron chi connectivity index (χ4n) is 2.22. The van der Waals surface area contributed by atoms with Gasteiger partial charge in [-0.05, 0) is 31.6 Å². The first kappa shape index (κ1) is 13.8. The second-order valence-corrected chi connectivity index (χ2v) is 5.86. The Morgan fingerprint density at radius 2 is 2.19 bits per heavy atom. The van der Waals surface area contributed by atoms with Crippen molar-refractivity contribution >= 4 is 17.7 Å². The molecule has 0 saturated heterocycles. The largest absolute Gasteiger partial charge is 0.352 e. The number of nitrogens with one attached hydrogen (secondary N) is 1. The second-order valence-electron chi connectivity index (χ2n) is 4.34. The summed E-state index contributed by atoms with van der Waals surface area (Å²) in [6.07, 6.45) is 6.34. The van der Waals surface area contributed by atoms with Crippen LogP contribution >= 0.6 is 11.8 Å². The van der Waals surface area contributed by atoms with Crippen LogP contribution in [0.15, 0.2) is 0 Å². The van der Waals surface area contributed by atoms with Crippen molar-refractivity contribution in [3.8, 4) is 0 Å². The average molecular weight is 244 g/mol. The predicted octanol–water partition coefficient (Wildman–Crippen LogP) is 1.91. The third kappa shape index (κ3) is 4.74. The van der Waals surface area contributed by atoms with E-state index >= 15 is 0 Å². The van der Waals surface area contributed by atoms with Gasteiger partial charge in [0.2, 0.25) is 5.91 Å². The molecule has 1 fully saturated rings. The van der Waals surface area contributed by atoms with Gasteiger partial charge in [0.25, 0.3) is 0 Å². The molecule has 0 aromatic carbocycles. The number of amides is 1.